The molecule has 2 aromatic carbocycles. The Morgan fingerprint density at radius 3 is 2.12 bits per heavy atom. The molecular weight excluding hydrogens is 244 g/mol. The minimum Gasteiger partial charge on any atom is -0.478 e. The number of hydrogen-bond acceptors (Lipinski definition) is 2. The molecule has 2 rings (SSSR count). The molecule has 0 fully saturated rings. The number of benzene rings is 2. The highest BCUT2D eigenvalue weighted by molar-refractivity contribution is 7.73. The van der Waals surface area contributed by atoms with Gasteiger partial charge in [-0.15, -0.1) is 0 Å². The number of hydrogen-bond donors (Lipinski definition) is 3. The second-order valence-electron chi connectivity index (χ2n) is 3.06. The minimum atomic E-state index is -2.61. The second-order valence-corrected chi connectivity index (χ2v) is 3.52. The van der Waals surface area contributed by atoms with E-state index in [0.717, 1.165) is 10.8 Å². The maximum atomic E-state index is 10.8. The van der Waals surface area contributed by atoms with Gasteiger partial charge in [-0.3, -0.25) is 9.11 Å². The van der Waals surface area contributed by atoms with Gasteiger partial charge >= 0.3 is 5.97 Å². The molecule has 17 heavy (non-hydrogen) atoms. The SMILES string of the molecule is O=C(O)c1cccc2ccccc12.O=S(O)O. The maximum absolute atomic E-state index is 10.8. The zero-order valence-corrected chi connectivity index (χ0v) is 9.42. The summed E-state index contributed by atoms with van der Waals surface area (Å²) < 4.78 is 22.8. The largest absolute Gasteiger partial charge is 0.478 e. The molecule has 0 unspecified atom stereocenters. The third-order valence-corrected chi connectivity index (χ3v) is 2.02. The lowest BCUT2D eigenvalue weighted by Gasteiger charge is -2.00. The van der Waals surface area contributed by atoms with Crippen molar-refractivity contribution in [1.82, 2.24) is 0 Å². The van der Waals surface area contributed by atoms with Gasteiger partial charge in [0.1, 0.15) is 0 Å². The second kappa shape index (κ2) is 6.09. The van der Waals surface area contributed by atoms with Crippen molar-refractivity contribution >= 4 is 28.1 Å². The maximum Gasteiger partial charge on any atom is 0.336 e. The summed E-state index contributed by atoms with van der Waals surface area (Å²) in [4.78, 5) is 10.8. The first-order valence-electron chi connectivity index (χ1n) is 4.53. The fourth-order valence-corrected chi connectivity index (χ4v) is 1.41. The molecule has 0 heterocycles. The number of rotatable bonds is 1. The lowest BCUT2D eigenvalue weighted by Crippen LogP contribution is -1.96. The molecule has 0 aliphatic carbocycles. The molecule has 0 atom stereocenters. The van der Waals surface area contributed by atoms with Crippen LogP contribution < -0.4 is 0 Å². The number of fused-ring (bicyclic) bond motifs is 1. The first kappa shape index (κ1) is 13.3. The Kier molecular flexibility index (Phi) is 4.77. The number of aromatic carboxylic acids is 1. The number of carboxylic acid groups (broad SMARTS) is 1. The average molecular weight is 254 g/mol. The smallest absolute Gasteiger partial charge is 0.336 e. The highest BCUT2D eigenvalue weighted by Gasteiger charge is 2.05. The molecule has 0 aliphatic heterocycles. The number of carboxylic acids is 1. The Hall–Kier alpha value is -1.76. The molecule has 0 saturated heterocycles. The van der Waals surface area contributed by atoms with E-state index in [-0.39, 0.29) is 0 Å². The van der Waals surface area contributed by atoms with Crippen molar-refractivity contribution in [1.29, 1.82) is 0 Å². The summed E-state index contributed by atoms with van der Waals surface area (Å²) in [7, 11) is 0. The lowest BCUT2D eigenvalue weighted by molar-refractivity contribution is 0.0699. The van der Waals surface area contributed by atoms with Crippen molar-refractivity contribution in [3.63, 3.8) is 0 Å². The van der Waals surface area contributed by atoms with E-state index in [1.165, 1.54) is 0 Å². The highest BCUT2D eigenvalue weighted by atomic mass is 32.2. The Morgan fingerprint density at radius 2 is 1.53 bits per heavy atom. The van der Waals surface area contributed by atoms with Crippen LogP contribution in [0.25, 0.3) is 10.8 Å². The normalized spacial score (nSPS) is 9.82. The van der Waals surface area contributed by atoms with Gasteiger partial charge in [-0.1, -0.05) is 36.4 Å². The molecule has 90 valence electrons. The van der Waals surface area contributed by atoms with Gasteiger partial charge in [-0.05, 0) is 16.8 Å². The topological polar surface area (TPSA) is 94.8 Å². The van der Waals surface area contributed by atoms with Crippen molar-refractivity contribution in [2.45, 2.75) is 0 Å². The fourth-order valence-electron chi connectivity index (χ4n) is 1.41. The standard InChI is InChI=1S/C11H8O2.H2O3S/c12-11(13)10-7-3-5-8-4-1-2-6-9(8)10;1-4(2)3/h1-7H,(H,12,13);(H2,1,2,3). The van der Waals surface area contributed by atoms with E-state index >= 15 is 0 Å². The molecule has 0 aromatic heterocycles. The average Bonchev–Trinajstić information content (AvgIpc) is 2.27. The van der Waals surface area contributed by atoms with E-state index in [4.69, 9.17) is 18.4 Å². The van der Waals surface area contributed by atoms with Crippen LogP contribution in [0.5, 0.6) is 0 Å². The van der Waals surface area contributed by atoms with Crippen LogP contribution >= 0.6 is 0 Å². The van der Waals surface area contributed by atoms with Gasteiger partial charge in [0.2, 0.25) is 0 Å². The predicted molar refractivity (Wildman–Crippen MR) is 64.3 cm³/mol. The van der Waals surface area contributed by atoms with Gasteiger partial charge in [0.15, 0.2) is 0 Å². The van der Waals surface area contributed by atoms with Crippen molar-refractivity contribution in [2.24, 2.45) is 0 Å². The van der Waals surface area contributed by atoms with Gasteiger partial charge in [0.25, 0.3) is 11.4 Å². The summed E-state index contributed by atoms with van der Waals surface area (Å²) >= 11 is -2.61. The van der Waals surface area contributed by atoms with Crippen LogP contribution in [0.3, 0.4) is 0 Å². The van der Waals surface area contributed by atoms with Crippen molar-refractivity contribution in [2.75, 3.05) is 0 Å². The van der Waals surface area contributed by atoms with Gasteiger partial charge in [-0.2, -0.15) is 4.21 Å². The van der Waals surface area contributed by atoms with Crippen LogP contribution in [0, 0.1) is 0 Å². The van der Waals surface area contributed by atoms with E-state index in [2.05, 4.69) is 0 Å². The third-order valence-electron chi connectivity index (χ3n) is 2.02. The van der Waals surface area contributed by atoms with Gasteiger partial charge in [0, 0.05) is 0 Å². The molecule has 0 saturated carbocycles. The molecule has 0 bridgehead atoms. The summed E-state index contributed by atoms with van der Waals surface area (Å²) in [5.74, 6) is -0.878. The van der Waals surface area contributed by atoms with Gasteiger partial charge in [-0.25, -0.2) is 4.79 Å². The minimum absolute atomic E-state index is 0.359. The molecule has 0 radical (unpaired) electrons. The highest BCUT2D eigenvalue weighted by Crippen LogP contribution is 2.17. The van der Waals surface area contributed by atoms with Crippen molar-refractivity contribution < 1.29 is 23.2 Å². The lowest BCUT2D eigenvalue weighted by atomic mass is 10.1. The van der Waals surface area contributed by atoms with Gasteiger partial charge in [0.05, 0.1) is 5.56 Å². The summed E-state index contributed by atoms with van der Waals surface area (Å²) in [5, 5.41) is 10.6. The monoisotopic (exact) mass is 254 g/mol. The summed E-state index contributed by atoms with van der Waals surface area (Å²) in [6, 6.07) is 12.7. The van der Waals surface area contributed by atoms with Crippen LogP contribution in [-0.2, 0) is 11.4 Å². The third kappa shape index (κ3) is 3.95. The first-order valence-corrected chi connectivity index (χ1v) is 5.59. The Balaban J connectivity index is 0.000000317. The first-order chi connectivity index (χ1) is 8.02. The summed E-state index contributed by atoms with van der Waals surface area (Å²) in [6.07, 6.45) is 0. The summed E-state index contributed by atoms with van der Waals surface area (Å²) in [6.45, 7) is 0. The van der Waals surface area contributed by atoms with Crippen LogP contribution in [0.4, 0.5) is 0 Å². The van der Waals surface area contributed by atoms with E-state index in [1.807, 2.05) is 30.3 Å². The molecular formula is C11H10O5S. The molecule has 0 aliphatic rings. The quantitative estimate of drug-likeness (QED) is 0.678. The van der Waals surface area contributed by atoms with Crippen molar-refractivity contribution in [3.05, 3.63) is 48.0 Å². The molecule has 6 heteroatoms. The van der Waals surface area contributed by atoms with E-state index in [0.29, 0.717) is 5.56 Å². The molecule has 2 aromatic rings. The van der Waals surface area contributed by atoms with E-state index < -0.39 is 17.3 Å². The van der Waals surface area contributed by atoms with E-state index in [9.17, 15) is 4.79 Å². The molecule has 3 N–H and O–H groups in total. The molecule has 5 nitrogen and oxygen atoms in total. The van der Waals surface area contributed by atoms with Crippen molar-refractivity contribution in [3.8, 4) is 0 Å². The fraction of sp³-hybridized carbons (Fsp3) is 0. The molecule has 0 spiro atoms. The Labute approximate surface area is 99.8 Å². The predicted octanol–water partition coefficient (Wildman–Crippen LogP) is 2.22. The summed E-state index contributed by atoms with van der Waals surface area (Å²) in [5.41, 5.74) is 0.359. The Morgan fingerprint density at radius 1 is 1.00 bits per heavy atom. The van der Waals surface area contributed by atoms with Gasteiger partial charge < -0.3 is 5.11 Å². The zero-order chi connectivity index (χ0) is 12.8. The zero-order valence-electron chi connectivity index (χ0n) is 8.61. The Bertz CT molecular complexity index is 543. The van der Waals surface area contributed by atoms with E-state index in [1.54, 1.807) is 12.1 Å². The van der Waals surface area contributed by atoms with Crippen LogP contribution in [0.2, 0.25) is 0 Å². The van der Waals surface area contributed by atoms with Crippen LogP contribution in [0.1, 0.15) is 10.4 Å². The van der Waals surface area contributed by atoms with Crippen LogP contribution in [-0.4, -0.2) is 24.4 Å². The number of carbonyl (C=O) groups is 1. The molecule has 0 amide bonds. The van der Waals surface area contributed by atoms with Crippen LogP contribution in [0.15, 0.2) is 42.5 Å².